The van der Waals surface area contributed by atoms with Crippen molar-refractivity contribution in [1.29, 1.82) is 0 Å². The summed E-state index contributed by atoms with van der Waals surface area (Å²) < 4.78 is 13.8. The van der Waals surface area contributed by atoms with E-state index in [-0.39, 0.29) is 6.67 Å². The number of unbranched alkanes of at least 4 members (excludes halogenated alkanes) is 2. The number of fused-ring (bicyclic) bond motifs is 1. The zero-order valence-corrected chi connectivity index (χ0v) is 10.1. The largest absolute Gasteiger partial charge is 0.364 e. The Morgan fingerprint density at radius 1 is 1.28 bits per heavy atom. The van der Waals surface area contributed by atoms with Gasteiger partial charge >= 0.3 is 0 Å². The Hall–Kier alpha value is -1.91. The molecule has 4 nitrogen and oxygen atoms in total. The number of para-hydroxylation sites is 1. The second kappa shape index (κ2) is 5.62. The van der Waals surface area contributed by atoms with E-state index < -0.39 is 5.91 Å². The van der Waals surface area contributed by atoms with E-state index in [4.69, 9.17) is 5.73 Å². The first-order valence-corrected chi connectivity index (χ1v) is 6.05. The molecule has 1 amide bonds. The SMILES string of the molecule is NC(=O)c1nn(CCCCCF)c2ccccc12. The quantitative estimate of drug-likeness (QED) is 0.798. The molecule has 0 aliphatic carbocycles. The Balaban J connectivity index is 2.24. The summed E-state index contributed by atoms with van der Waals surface area (Å²) in [6, 6.07) is 7.49. The topological polar surface area (TPSA) is 60.9 Å². The molecule has 2 aromatic rings. The lowest BCUT2D eigenvalue weighted by Gasteiger charge is -2.02. The molecule has 18 heavy (non-hydrogen) atoms. The fourth-order valence-corrected chi connectivity index (χ4v) is 2.01. The van der Waals surface area contributed by atoms with Gasteiger partial charge < -0.3 is 5.73 Å². The van der Waals surface area contributed by atoms with Gasteiger partial charge in [-0.05, 0) is 25.3 Å². The second-order valence-corrected chi connectivity index (χ2v) is 4.20. The zero-order valence-electron chi connectivity index (χ0n) is 10.1. The monoisotopic (exact) mass is 249 g/mol. The number of nitrogens with zero attached hydrogens (tertiary/aromatic N) is 2. The average Bonchev–Trinajstić information content (AvgIpc) is 2.74. The Labute approximate surface area is 105 Å². The molecule has 0 fully saturated rings. The summed E-state index contributed by atoms with van der Waals surface area (Å²) in [5, 5.41) is 5.01. The number of hydrogen-bond acceptors (Lipinski definition) is 2. The van der Waals surface area contributed by atoms with Crippen molar-refractivity contribution in [2.45, 2.75) is 25.8 Å². The summed E-state index contributed by atoms with van der Waals surface area (Å²) >= 11 is 0. The summed E-state index contributed by atoms with van der Waals surface area (Å²) in [5.74, 6) is -0.520. The summed E-state index contributed by atoms with van der Waals surface area (Å²) in [6.45, 7) is 0.389. The maximum atomic E-state index is 12.0. The Morgan fingerprint density at radius 3 is 2.78 bits per heavy atom. The minimum atomic E-state index is -0.520. The molecule has 0 atom stereocenters. The van der Waals surface area contributed by atoms with Crippen LogP contribution in [-0.4, -0.2) is 22.4 Å². The summed E-state index contributed by atoms with van der Waals surface area (Å²) in [7, 11) is 0. The molecule has 5 heteroatoms. The maximum Gasteiger partial charge on any atom is 0.269 e. The van der Waals surface area contributed by atoms with Crippen LogP contribution in [0.2, 0.25) is 0 Å². The minimum Gasteiger partial charge on any atom is -0.364 e. The average molecular weight is 249 g/mol. The molecular formula is C13H16FN3O. The van der Waals surface area contributed by atoms with Gasteiger partial charge in [0.1, 0.15) is 0 Å². The van der Waals surface area contributed by atoms with Gasteiger partial charge in [-0.2, -0.15) is 5.10 Å². The van der Waals surface area contributed by atoms with Crippen LogP contribution < -0.4 is 5.73 Å². The van der Waals surface area contributed by atoms with Crippen LogP contribution in [0.15, 0.2) is 24.3 Å². The minimum absolute atomic E-state index is 0.285. The lowest BCUT2D eigenvalue weighted by Crippen LogP contribution is -2.13. The summed E-state index contributed by atoms with van der Waals surface area (Å²) in [4.78, 5) is 11.3. The van der Waals surface area contributed by atoms with Gasteiger partial charge in [-0.3, -0.25) is 13.9 Å². The van der Waals surface area contributed by atoms with E-state index >= 15 is 0 Å². The van der Waals surface area contributed by atoms with Crippen molar-refractivity contribution in [1.82, 2.24) is 9.78 Å². The normalized spacial score (nSPS) is 10.9. The molecule has 96 valence electrons. The molecular weight excluding hydrogens is 233 g/mol. The predicted octanol–water partition coefficient (Wildman–Crippen LogP) is 2.27. The fourth-order valence-electron chi connectivity index (χ4n) is 2.01. The molecule has 0 bridgehead atoms. The Kier molecular flexibility index (Phi) is 3.92. The zero-order chi connectivity index (χ0) is 13.0. The smallest absolute Gasteiger partial charge is 0.269 e. The third kappa shape index (κ3) is 2.50. The van der Waals surface area contributed by atoms with Crippen molar-refractivity contribution in [3.05, 3.63) is 30.0 Å². The van der Waals surface area contributed by atoms with Crippen LogP contribution in [0.4, 0.5) is 4.39 Å². The van der Waals surface area contributed by atoms with Crippen LogP contribution in [0.3, 0.4) is 0 Å². The molecule has 2 rings (SSSR count). The molecule has 1 aromatic carbocycles. The molecule has 1 aromatic heterocycles. The number of carbonyl (C=O) groups excluding carboxylic acids is 1. The molecule has 0 saturated heterocycles. The predicted molar refractivity (Wildman–Crippen MR) is 68.1 cm³/mol. The highest BCUT2D eigenvalue weighted by Gasteiger charge is 2.13. The van der Waals surface area contributed by atoms with Crippen LogP contribution in [0.25, 0.3) is 10.9 Å². The Morgan fingerprint density at radius 2 is 2.06 bits per heavy atom. The molecule has 0 spiro atoms. The van der Waals surface area contributed by atoms with Crippen LogP contribution in [-0.2, 0) is 6.54 Å². The van der Waals surface area contributed by atoms with Gasteiger partial charge in [0.25, 0.3) is 5.91 Å². The van der Waals surface area contributed by atoms with Crippen molar-refractivity contribution in [3.63, 3.8) is 0 Å². The highest BCUT2D eigenvalue weighted by molar-refractivity contribution is 6.04. The number of halogens is 1. The van der Waals surface area contributed by atoms with E-state index in [2.05, 4.69) is 5.10 Å². The first kappa shape index (κ1) is 12.5. The van der Waals surface area contributed by atoms with Gasteiger partial charge in [0, 0.05) is 11.9 Å². The van der Waals surface area contributed by atoms with Crippen molar-refractivity contribution in [2.75, 3.05) is 6.67 Å². The standard InChI is InChI=1S/C13H16FN3O/c14-8-4-1-5-9-17-11-7-3-2-6-10(11)12(16-17)13(15)18/h2-3,6-7H,1,4-5,8-9H2,(H2,15,18). The van der Waals surface area contributed by atoms with Gasteiger partial charge in [-0.25, -0.2) is 0 Å². The second-order valence-electron chi connectivity index (χ2n) is 4.20. The third-order valence-corrected chi connectivity index (χ3v) is 2.89. The first-order valence-electron chi connectivity index (χ1n) is 6.05. The van der Waals surface area contributed by atoms with Crippen molar-refractivity contribution in [2.24, 2.45) is 5.73 Å². The molecule has 0 radical (unpaired) electrons. The molecule has 1 heterocycles. The van der Waals surface area contributed by atoms with Gasteiger partial charge in [-0.15, -0.1) is 0 Å². The molecule has 0 aliphatic rings. The number of carbonyl (C=O) groups is 1. The van der Waals surface area contributed by atoms with Crippen molar-refractivity contribution >= 4 is 16.8 Å². The molecule has 0 saturated carbocycles. The molecule has 2 N–H and O–H groups in total. The van der Waals surface area contributed by atoms with Crippen LogP contribution >= 0.6 is 0 Å². The van der Waals surface area contributed by atoms with Crippen LogP contribution in [0.5, 0.6) is 0 Å². The number of nitrogens with two attached hydrogens (primary N) is 1. The maximum absolute atomic E-state index is 12.0. The number of primary amides is 1. The highest BCUT2D eigenvalue weighted by atomic mass is 19.1. The van der Waals surface area contributed by atoms with Gasteiger partial charge in [0.15, 0.2) is 5.69 Å². The summed E-state index contributed by atoms with van der Waals surface area (Å²) in [6.07, 6.45) is 2.23. The van der Waals surface area contributed by atoms with E-state index in [0.29, 0.717) is 18.7 Å². The molecule has 0 aliphatic heterocycles. The highest BCUT2D eigenvalue weighted by Crippen LogP contribution is 2.18. The van der Waals surface area contributed by atoms with Gasteiger partial charge in [-0.1, -0.05) is 18.2 Å². The number of benzene rings is 1. The number of aryl methyl sites for hydroxylation is 1. The number of alkyl halides is 1. The van der Waals surface area contributed by atoms with E-state index in [1.54, 1.807) is 4.68 Å². The fraction of sp³-hybridized carbons (Fsp3) is 0.385. The van der Waals surface area contributed by atoms with Crippen LogP contribution in [0, 0.1) is 0 Å². The lowest BCUT2D eigenvalue weighted by atomic mass is 10.2. The number of aromatic nitrogens is 2. The Bertz CT molecular complexity index is 550. The first-order chi connectivity index (χ1) is 8.74. The number of rotatable bonds is 6. The van der Waals surface area contributed by atoms with E-state index in [1.807, 2.05) is 24.3 Å². The van der Waals surface area contributed by atoms with E-state index in [0.717, 1.165) is 23.7 Å². The van der Waals surface area contributed by atoms with Crippen molar-refractivity contribution < 1.29 is 9.18 Å². The van der Waals surface area contributed by atoms with Crippen LogP contribution in [0.1, 0.15) is 29.8 Å². The number of amides is 1. The summed E-state index contributed by atoms with van der Waals surface area (Å²) in [5.41, 5.74) is 6.50. The lowest BCUT2D eigenvalue weighted by molar-refractivity contribution is 0.0996. The molecule has 0 unspecified atom stereocenters. The van der Waals surface area contributed by atoms with Gasteiger partial charge in [0.05, 0.1) is 12.2 Å². The van der Waals surface area contributed by atoms with Gasteiger partial charge in [0.2, 0.25) is 0 Å². The van der Waals surface area contributed by atoms with E-state index in [9.17, 15) is 9.18 Å². The van der Waals surface area contributed by atoms with E-state index in [1.165, 1.54) is 0 Å². The van der Waals surface area contributed by atoms with Crippen molar-refractivity contribution in [3.8, 4) is 0 Å². The number of hydrogen-bond donors (Lipinski definition) is 1. The third-order valence-electron chi connectivity index (χ3n) is 2.89.